The van der Waals surface area contributed by atoms with Crippen LogP contribution in [0.4, 0.5) is 10.1 Å². The van der Waals surface area contributed by atoms with Crippen molar-refractivity contribution in [1.82, 2.24) is 0 Å². The molecule has 2 aromatic rings. The number of rotatable bonds is 3. The lowest BCUT2D eigenvalue weighted by molar-refractivity contribution is 0.0472. The maximum Gasteiger partial charge on any atom is 0.338 e. The van der Waals surface area contributed by atoms with Gasteiger partial charge < -0.3 is 10.5 Å². The van der Waals surface area contributed by atoms with Crippen LogP contribution in [0, 0.1) is 5.82 Å². The second kappa shape index (κ2) is 5.71. The summed E-state index contributed by atoms with van der Waals surface area (Å²) in [6.07, 6.45) is 0. The van der Waals surface area contributed by atoms with Crippen LogP contribution in [0.1, 0.15) is 15.9 Å². The van der Waals surface area contributed by atoms with Crippen molar-refractivity contribution >= 4 is 23.3 Å². The van der Waals surface area contributed by atoms with E-state index in [2.05, 4.69) is 0 Å². The topological polar surface area (TPSA) is 52.3 Å². The molecule has 0 aliphatic rings. The molecule has 0 fully saturated rings. The maximum atomic E-state index is 13.1. The maximum absolute atomic E-state index is 13.1. The smallest absolute Gasteiger partial charge is 0.338 e. The molecule has 0 aliphatic carbocycles. The highest BCUT2D eigenvalue weighted by atomic mass is 35.5. The monoisotopic (exact) mass is 279 g/mol. The van der Waals surface area contributed by atoms with Crippen LogP contribution < -0.4 is 5.73 Å². The van der Waals surface area contributed by atoms with E-state index in [4.69, 9.17) is 22.1 Å². The van der Waals surface area contributed by atoms with E-state index in [1.165, 1.54) is 6.07 Å². The summed E-state index contributed by atoms with van der Waals surface area (Å²) in [5.41, 5.74) is 6.47. The van der Waals surface area contributed by atoms with Crippen molar-refractivity contribution in [2.45, 2.75) is 6.61 Å². The summed E-state index contributed by atoms with van der Waals surface area (Å²) in [5, 5.41) is 0.559. The van der Waals surface area contributed by atoms with Gasteiger partial charge in [0, 0.05) is 10.7 Å². The van der Waals surface area contributed by atoms with Gasteiger partial charge in [-0.05, 0) is 35.9 Å². The number of anilines is 1. The molecular formula is C14H11ClFNO2. The number of carbonyl (C=O) groups is 1. The highest BCUT2D eigenvalue weighted by Gasteiger charge is 2.10. The lowest BCUT2D eigenvalue weighted by atomic mass is 10.2. The van der Waals surface area contributed by atoms with Crippen LogP contribution in [-0.4, -0.2) is 5.97 Å². The van der Waals surface area contributed by atoms with Crippen molar-refractivity contribution in [2.24, 2.45) is 0 Å². The van der Waals surface area contributed by atoms with Crippen LogP contribution in [0.25, 0.3) is 0 Å². The first-order valence-electron chi connectivity index (χ1n) is 5.52. The zero-order valence-electron chi connectivity index (χ0n) is 9.90. The Kier molecular flexibility index (Phi) is 4.02. The average Bonchev–Trinajstić information content (AvgIpc) is 2.35. The van der Waals surface area contributed by atoms with Crippen molar-refractivity contribution < 1.29 is 13.9 Å². The third kappa shape index (κ3) is 3.69. The molecule has 0 aliphatic heterocycles. The molecule has 0 radical (unpaired) electrons. The van der Waals surface area contributed by atoms with Crippen LogP contribution in [0.15, 0.2) is 42.5 Å². The Morgan fingerprint density at radius 1 is 1.26 bits per heavy atom. The average molecular weight is 280 g/mol. The normalized spacial score (nSPS) is 10.2. The Labute approximate surface area is 114 Å². The molecule has 0 heterocycles. The number of hydrogen-bond acceptors (Lipinski definition) is 3. The van der Waals surface area contributed by atoms with Gasteiger partial charge in [-0.1, -0.05) is 23.7 Å². The van der Waals surface area contributed by atoms with E-state index in [0.29, 0.717) is 5.02 Å². The molecule has 0 unspecified atom stereocenters. The molecule has 98 valence electrons. The van der Waals surface area contributed by atoms with E-state index >= 15 is 0 Å². The summed E-state index contributed by atoms with van der Waals surface area (Å²) in [5.74, 6) is -1.21. The Hall–Kier alpha value is -2.07. The molecule has 0 saturated carbocycles. The van der Waals surface area contributed by atoms with E-state index in [1.54, 1.807) is 24.3 Å². The molecule has 0 amide bonds. The van der Waals surface area contributed by atoms with E-state index in [9.17, 15) is 9.18 Å². The minimum atomic E-state index is -0.633. The molecule has 2 N–H and O–H groups in total. The third-order valence-electron chi connectivity index (χ3n) is 2.41. The van der Waals surface area contributed by atoms with E-state index in [-0.39, 0.29) is 17.9 Å². The van der Waals surface area contributed by atoms with Crippen LogP contribution in [-0.2, 0) is 11.3 Å². The number of ether oxygens (including phenoxy) is 1. The summed E-state index contributed by atoms with van der Waals surface area (Å²) < 4.78 is 18.2. The fourth-order valence-corrected chi connectivity index (χ4v) is 1.80. The summed E-state index contributed by atoms with van der Waals surface area (Å²) >= 11 is 5.81. The van der Waals surface area contributed by atoms with Crippen LogP contribution in [0.2, 0.25) is 5.02 Å². The Bertz CT molecular complexity index is 596. The van der Waals surface area contributed by atoms with Gasteiger partial charge in [0.1, 0.15) is 12.4 Å². The Morgan fingerprint density at radius 3 is 2.74 bits per heavy atom. The molecular weight excluding hydrogens is 269 g/mol. The molecule has 2 aromatic carbocycles. The molecule has 0 aromatic heterocycles. The van der Waals surface area contributed by atoms with Gasteiger partial charge in [-0.15, -0.1) is 0 Å². The van der Waals surface area contributed by atoms with Gasteiger partial charge in [-0.3, -0.25) is 0 Å². The molecule has 5 heteroatoms. The number of halogens is 2. The highest BCUT2D eigenvalue weighted by molar-refractivity contribution is 6.30. The Balaban J connectivity index is 2.05. The van der Waals surface area contributed by atoms with E-state index < -0.39 is 11.8 Å². The summed E-state index contributed by atoms with van der Waals surface area (Å²) in [6, 6.07) is 10.5. The van der Waals surface area contributed by atoms with Crippen LogP contribution in [0.3, 0.4) is 0 Å². The molecule has 19 heavy (non-hydrogen) atoms. The SMILES string of the molecule is Nc1cc(F)cc(C(=O)OCc2cccc(Cl)c2)c1. The zero-order valence-corrected chi connectivity index (χ0v) is 10.7. The van der Waals surface area contributed by atoms with Crippen molar-refractivity contribution in [3.8, 4) is 0 Å². The number of esters is 1. The number of nitrogen functional groups attached to an aromatic ring is 1. The van der Waals surface area contributed by atoms with Gasteiger partial charge >= 0.3 is 5.97 Å². The first-order chi connectivity index (χ1) is 9.04. The second-order valence-electron chi connectivity index (χ2n) is 3.98. The standard InChI is InChI=1S/C14H11ClFNO2/c15-11-3-1-2-9(4-11)8-19-14(18)10-5-12(16)7-13(17)6-10/h1-7H,8,17H2. The summed E-state index contributed by atoms with van der Waals surface area (Å²) in [4.78, 5) is 11.7. The fraction of sp³-hybridized carbons (Fsp3) is 0.0714. The molecule has 0 bridgehead atoms. The van der Waals surface area contributed by atoms with Crippen LogP contribution >= 0.6 is 11.6 Å². The minimum Gasteiger partial charge on any atom is -0.457 e. The first kappa shape index (κ1) is 13.4. The summed E-state index contributed by atoms with van der Waals surface area (Å²) in [7, 11) is 0. The number of hydrogen-bond donors (Lipinski definition) is 1. The summed E-state index contributed by atoms with van der Waals surface area (Å²) in [6.45, 7) is 0.0653. The van der Waals surface area contributed by atoms with Gasteiger partial charge in [0.25, 0.3) is 0 Å². The largest absolute Gasteiger partial charge is 0.457 e. The van der Waals surface area contributed by atoms with Crippen molar-refractivity contribution in [1.29, 1.82) is 0 Å². The highest BCUT2D eigenvalue weighted by Crippen LogP contribution is 2.14. The first-order valence-corrected chi connectivity index (χ1v) is 5.90. The van der Waals surface area contributed by atoms with Crippen molar-refractivity contribution in [3.63, 3.8) is 0 Å². The van der Waals surface area contributed by atoms with E-state index in [1.807, 2.05) is 0 Å². The Morgan fingerprint density at radius 2 is 2.05 bits per heavy atom. The quantitative estimate of drug-likeness (QED) is 0.692. The molecule has 3 nitrogen and oxygen atoms in total. The van der Waals surface area contributed by atoms with Crippen LogP contribution in [0.5, 0.6) is 0 Å². The lowest BCUT2D eigenvalue weighted by Crippen LogP contribution is -2.06. The third-order valence-corrected chi connectivity index (χ3v) is 2.65. The fourth-order valence-electron chi connectivity index (χ4n) is 1.59. The van der Waals surface area contributed by atoms with Gasteiger partial charge in [-0.25, -0.2) is 9.18 Å². The number of nitrogens with two attached hydrogens (primary N) is 1. The predicted molar refractivity (Wildman–Crippen MR) is 71.4 cm³/mol. The second-order valence-corrected chi connectivity index (χ2v) is 4.42. The van der Waals surface area contributed by atoms with Crippen molar-refractivity contribution in [2.75, 3.05) is 5.73 Å². The van der Waals surface area contributed by atoms with Gasteiger partial charge in [0.05, 0.1) is 5.56 Å². The minimum absolute atomic E-state index is 0.0653. The van der Waals surface area contributed by atoms with Crippen molar-refractivity contribution in [3.05, 3.63) is 64.4 Å². The predicted octanol–water partition coefficient (Wildman–Crippen LogP) is 3.42. The van der Waals surface area contributed by atoms with Gasteiger partial charge in [-0.2, -0.15) is 0 Å². The molecule has 0 spiro atoms. The van der Waals surface area contributed by atoms with Gasteiger partial charge in [0.2, 0.25) is 0 Å². The van der Waals surface area contributed by atoms with E-state index in [0.717, 1.165) is 17.7 Å². The molecule has 2 rings (SSSR count). The molecule has 0 saturated heterocycles. The molecule has 0 atom stereocenters. The number of carbonyl (C=O) groups excluding carboxylic acids is 1. The zero-order chi connectivity index (χ0) is 13.8. The number of benzene rings is 2. The van der Waals surface area contributed by atoms with Gasteiger partial charge in [0.15, 0.2) is 0 Å². The lowest BCUT2D eigenvalue weighted by Gasteiger charge is -2.06.